The number of halogens is 1. The van der Waals surface area contributed by atoms with Gasteiger partial charge in [-0.15, -0.1) is 0 Å². The number of ether oxygens (including phenoxy) is 1. The summed E-state index contributed by atoms with van der Waals surface area (Å²) in [6.07, 6.45) is 2.72. The topological polar surface area (TPSA) is 61.9 Å². The van der Waals surface area contributed by atoms with Crippen molar-refractivity contribution in [1.82, 2.24) is 10.2 Å². The van der Waals surface area contributed by atoms with E-state index in [1.54, 1.807) is 0 Å². The lowest BCUT2D eigenvalue weighted by molar-refractivity contribution is -0.121. The van der Waals surface area contributed by atoms with Crippen molar-refractivity contribution in [1.29, 1.82) is 0 Å². The molecule has 1 fully saturated rings. The summed E-state index contributed by atoms with van der Waals surface area (Å²) in [5, 5.41) is 3.90. The second-order valence-corrected chi connectivity index (χ2v) is 10.6. The van der Waals surface area contributed by atoms with Crippen LogP contribution in [0.2, 0.25) is 5.02 Å². The van der Waals surface area contributed by atoms with Crippen LogP contribution in [0.1, 0.15) is 47.2 Å². The van der Waals surface area contributed by atoms with Gasteiger partial charge in [0.15, 0.2) is 6.61 Å². The molecule has 198 valence electrons. The molecule has 5 rings (SSSR count). The molecule has 3 aromatic rings. The normalized spacial score (nSPS) is 17.0. The Balaban J connectivity index is 1.16. The first-order chi connectivity index (χ1) is 18.5. The fourth-order valence-electron chi connectivity index (χ4n) is 5.49. The molecule has 0 spiro atoms. The highest BCUT2D eigenvalue weighted by Crippen LogP contribution is 2.33. The van der Waals surface area contributed by atoms with Crippen LogP contribution in [-0.2, 0) is 11.2 Å². The van der Waals surface area contributed by atoms with E-state index in [1.807, 2.05) is 78.6 Å². The van der Waals surface area contributed by atoms with E-state index in [9.17, 15) is 9.59 Å². The van der Waals surface area contributed by atoms with Crippen LogP contribution in [0.5, 0.6) is 5.75 Å². The van der Waals surface area contributed by atoms with Crippen LogP contribution < -0.4 is 15.0 Å². The summed E-state index contributed by atoms with van der Waals surface area (Å²) in [5.41, 5.74) is 3.89. The summed E-state index contributed by atoms with van der Waals surface area (Å²) in [6.45, 7) is 5.47. The SMILES string of the molecule is CC(Cc1ccc(Cl)cc1)NC(=O)c1ccccc1C1CCN(CCN2C(=O)COc3ccccc32)CC1. The van der Waals surface area contributed by atoms with Crippen LogP contribution in [0.25, 0.3) is 0 Å². The monoisotopic (exact) mass is 531 g/mol. The summed E-state index contributed by atoms with van der Waals surface area (Å²) in [4.78, 5) is 30.0. The van der Waals surface area contributed by atoms with E-state index in [4.69, 9.17) is 16.3 Å². The van der Waals surface area contributed by atoms with Crippen molar-refractivity contribution in [2.75, 3.05) is 37.7 Å². The van der Waals surface area contributed by atoms with Gasteiger partial charge in [0.25, 0.3) is 11.8 Å². The van der Waals surface area contributed by atoms with Gasteiger partial charge in [-0.2, -0.15) is 0 Å². The summed E-state index contributed by atoms with van der Waals surface area (Å²) >= 11 is 6.00. The van der Waals surface area contributed by atoms with Crippen LogP contribution >= 0.6 is 11.6 Å². The standard InChI is InChI=1S/C31H34ClN3O3/c1-22(20-23-10-12-25(32)13-11-23)33-31(37)27-7-3-2-6-26(27)24-14-16-34(17-15-24)18-19-35-28-8-4-5-9-29(28)38-21-30(35)36/h2-13,22,24H,14-21H2,1H3,(H,33,37). The summed E-state index contributed by atoms with van der Waals surface area (Å²) in [6, 6.07) is 23.5. The lowest BCUT2D eigenvalue weighted by Gasteiger charge is -2.35. The maximum absolute atomic E-state index is 13.2. The summed E-state index contributed by atoms with van der Waals surface area (Å²) in [7, 11) is 0. The molecule has 38 heavy (non-hydrogen) atoms. The molecule has 1 saturated heterocycles. The van der Waals surface area contributed by atoms with Crippen LogP contribution in [0.3, 0.4) is 0 Å². The number of benzene rings is 3. The summed E-state index contributed by atoms with van der Waals surface area (Å²) < 4.78 is 5.57. The molecule has 3 aromatic carbocycles. The Morgan fingerprint density at radius 2 is 1.71 bits per heavy atom. The first-order valence-corrected chi connectivity index (χ1v) is 13.7. The summed E-state index contributed by atoms with van der Waals surface area (Å²) in [5.74, 6) is 1.09. The molecule has 0 bridgehead atoms. The fraction of sp³-hybridized carbons (Fsp3) is 0.355. The van der Waals surface area contributed by atoms with Gasteiger partial charge in [-0.05, 0) is 86.7 Å². The Morgan fingerprint density at radius 1 is 1.00 bits per heavy atom. The van der Waals surface area contributed by atoms with Crippen molar-refractivity contribution in [2.24, 2.45) is 0 Å². The molecular weight excluding hydrogens is 498 g/mol. The van der Waals surface area contributed by atoms with Crippen molar-refractivity contribution in [2.45, 2.75) is 38.1 Å². The Labute approximate surface area is 229 Å². The van der Waals surface area contributed by atoms with E-state index in [0.29, 0.717) is 17.5 Å². The van der Waals surface area contributed by atoms with E-state index in [0.717, 1.165) is 67.0 Å². The van der Waals surface area contributed by atoms with Crippen molar-refractivity contribution in [3.8, 4) is 5.75 Å². The van der Waals surface area contributed by atoms with Gasteiger partial charge in [0.2, 0.25) is 0 Å². The number of anilines is 1. The first kappa shape index (κ1) is 26.3. The number of likely N-dealkylation sites (tertiary alicyclic amines) is 1. The predicted molar refractivity (Wildman–Crippen MR) is 151 cm³/mol. The maximum atomic E-state index is 13.2. The number of hydrogen-bond donors (Lipinski definition) is 1. The van der Waals surface area contributed by atoms with Crippen molar-refractivity contribution < 1.29 is 14.3 Å². The smallest absolute Gasteiger partial charge is 0.265 e. The quantitative estimate of drug-likeness (QED) is 0.428. The Hall–Kier alpha value is -3.35. The molecule has 0 aromatic heterocycles. The molecule has 2 aliphatic heterocycles. The molecule has 0 aliphatic carbocycles. The lowest BCUT2D eigenvalue weighted by atomic mass is 9.86. The third-order valence-corrected chi connectivity index (χ3v) is 7.77. The van der Waals surface area contributed by atoms with E-state index in [2.05, 4.69) is 16.3 Å². The number of amides is 2. The number of nitrogens with zero attached hydrogens (tertiary/aromatic N) is 2. The average Bonchev–Trinajstić information content (AvgIpc) is 2.94. The Bertz CT molecular complexity index is 1270. The Kier molecular flexibility index (Phi) is 8.30. The van der Waals surface area contributed by atoms with Crippen molar-refractivity contribution in [3.63, 3.8) is 0 Å². The van der Waals surface area contributed by atoms with Gasteiger partial charge in [0, 0.05) is 29.7 Å². The minimum atomic E-state index is -0.0195. The highest BCUT2D eigenvalue weighted by atomic mass is 35.5. The second kappa shape index (κ2) is 12.0. The van der Waals surface area contributed by atoms with E-state index < -0.39 is 0 Å². The van der Waals surface area contributed by atoms with E-state index in [-0.39, 0.29) is 24.5 Å². The zero-order valence-electron chi connectivity index (χ0n) is 21.7. The second-order valence-electron chi connectivity index (χ2n) is 10.2. The molecular formula is C31H34ClN3O3. The van der Waals surface area contributed by atoms with E-state index in [1.165, 1.54) is 0 Å². The fourth-order valence-corrected chi connectivity index (χ4v) is 5.62. The zero-order chi connectivity index (χ0) is 26.5. The highest BCUT2D eigenvalue weighted by molar-refractivity contribution is 6.30. The third-order valence-electron chi connectivity index (χ3n) is 7.51. The van der Waals surface area contributed by atoms with Crippen LogP contribution in [0.4, 0.5) is 5.69 Å². The molecule has 2 aliphatic rings. The van der Waals surface area contributed by atoms with Crippen molar-refractivity contribution in [3.05, 3.63) is 94.5 Å². The van der Waals surface area contributed by atoms with Gasteiger partial charge in [-0.1, -0.05) is 54.1 Å². The van der Waals surface area contributed by atoms with Gasteiger partial charge >= 0.3 is 0 Å². The van der Waals surface area contributed by atoms with Crippen LogP contribution in [0, 0.1) is 0 Å². The van der Waals surface area contributed by atoms with Gasteiger partial charge in [-0.3, -0.25) is 9.59 Å². The molecule has 7 heteroatoms. The molecule has 0 saturated carbocycles. The largest absolute Gasteiger partial charge is 0.482 e. The lowest BCUT2D eigenvalue weighted by Crippen LogP contribution is -2.45. The molecule has 6 nitrogen and oxygen atoms in total. The Morgan fingerprint density at radius 3 is 2.50 bits per heavy atom. The van der Waals surface area contributed by atoms with Gasteiger partial charge in [-0.25, -0.2) is 0 Å². The maximum Gasteiger partial charge on any atom is 0.265 e. The highest BCUT2D eigenvalue weighted by Gasteiger charge is 2.28. The number of carbonyl (C=O) groups is 2. The van der Waals surface area contributed by atoms with Crippen LogP contribution in [0.15, 0.2) is 72.8 Å². The molecule has 2 amide bonds. The number of carbonyl (C=O) groups excluding carboxylic acids is 2. The molecule has 1 N–H and O–H groups in total. The number of para-hydroxylation sites is 2. The molecule has 0 radical (unpaired) electrons. The average molecular weight is 532 g/mol. The number of nitrogens with one attached hydrogen (secondary N) is 1. The number of rotatable bonds is 8. The molecule has 1 atom stereocenters. The first-order valence-electron chi connectivity index (χ1n) is 13.4. The van der Waals surface area contributed by atoms with Gasteiger partial charge in [0.1, 0.15) is 5.75 Å². The zero-order valence-corrected chi connectivity index (χ0v) is 22.5. The van der Waals surface area contributed by atoms with Crippen LogP contribution in [-0.4, -0.2) is 55.5 Å². The minimum Gasteiger partial charge on any atom is -0.482 e. The predicted octanol–water partition coefficient (Wildman–Crippen LogP) is 5.31. The van der Waals surface area contributed by atoms with Crippen molar-refractivity contribution >= 4 is 29.1 Å². The number of fused-ring (bicyclic) bond motifs is 1. The molecule has 1 unspecified atom stereocenters. The van der Waals surface area contributed by atoms with Gasteiger partial charge < -0.3 is 19.9 Å². The number of hydrogen-bond acceptors (Lipinski definition) is 4. The minimum absolute atomic E-state index is 0.00353. The number of piperidine rings is 1. The van der Waals surface area contributed by atoms with E-state index >= 15 is 0 Å². The third kappa shape index (κ3) is 6.20. The molecule has 2 heterocycles. The van der Waals surface area contributed by atoms with Gasteiger partial charge in [0.05, 0.1) is 5.69 Å².